The van der Waals surface area contributed by atoms with Crippen LogP contribution >= 0.6 is 0 Å². The van der Waals surface area contributed by atoms with E-state index >= 15 is 0 Å². The van der Waals surface area contributed by atoms with Gasteiger partial charge in [0.05, 0.1) is 13.1 Å². The lowest BCUT2D eigenvalue weighted by Gasteiger charge is -2.12. The van der Waals surface area contributed by atoms with Gasteiger partial charge < -0.3 is 16.4 Å². The maximum absolute atomic E-state index is 11.2. The van der Waals surface area contributed by atoms with E-state index in [2.05, 4.69) is 10.6 Å². The number of nitrogens with one attached hydrogen (secondary N) is 2. The third-order valence-corrected chi connectivity index (χ3v) is 2.35. The van der Waals surface area contributed by atoms with Crippen molar-refractivity contribution in [3.8, 4) is 0 Å². The van der Waals surface area contributed by atoms with Crippen LogP contribution in [0.5, 0.6) is 0 Å². The second-order valence-electron chi connectivity index (χ2n) is 3.67. The Hall–Kier alpha value is -1.10. The maximum Gasteiger partial charge on any atom is 0.239 e. The van der Waals surface area contributed by atoms with Crippen LogP contribution in [0.1, 0.15) is 19.8 Å². The molecule has 2 amide bonds. The van der Waals surface area contributed by atoms with E-state index in [0.29, 0.717) is 5.92 Å². The first-order valence-electron chi connectivity index (χ1n) is 4.89. The fourth-order valence-electron chi connectivity index (χ4n) is 1.27. The Morgan fingerprint density at radius 1 is 1.43 bits per heavy atom. The zero-order valence-electron chi connectivity index (χ0n) is 8.38. The Morgan fingerprint density at radius 2 is 2.07 bits per heavy atom. The number of rotatable bonds is 5. The van der Waals surface area contributed by atoms with Crippen LogP contribution in [0.2, 0.25) is 0 Å². The van der Waals surface area contributed by atoms with Crippen molar-refractivity contribution in [2.75, 3.05) is 13.1 Å². The van der Waals surface area contributed by atoms with Crippen molar-refractivity contribution >= 4 is 11.8 Å². The molecule has 1 atom stereocenters. The molecule has 1 aliphatic rings. The molecule has 0 aromatic carbocycles. The van der Waals surface area contributed by atoms with E-state index in [1.54, 1.807) is 0 Å². The number of carbonyl (C=O) groups is 2. The van der Waals surface area contributed by atoms with Crippen LogP contribution in [0.15, 0.2) is 0 Å². The van der Waals surface area contributed by atoms with E-state index in [1.807, 2.05) is 6.92 Å². The standard InChI is InChI=1S/C9H17N3O2/c1-6(7-2-3-7)12-9(14)5-11-8(13)4-10/h6-7H,2-5,10H2,1H3,(H,11,13)(H,12,14). The summed E-state index contributed by atoms with van der Waals surface area (Å²) in [6, 6.07) is 0.220. The lowest BCUT2D eigenvalue weighted by atomic mass is 10.2. The molecule has 5 heteroatoms. The monoisotopic (exact) mass is 199 g/mol. The van der Waals surface area contributed by atoms with Crippen LogP contribution in [0.4, 0.5) is 0 Å². The summed E-state index contributed by atoms with van der Waals surface area (Å²) in [6.07, 6.45) is 2.38. The van der Waals surface area contributed by atoms with E-state index in [-0.39, 0.29) is 30.9 Å². The smallest absolute Gasteiger partial charge is 0.239 e. The quantitative estimate of drug-likeness (QED) is 0.529. The maximum atomic E-state index is 11.2. The molecule has 0 radical (unpaired) electrons. The fourth-order valence-corrected chi connectivity index (χ4v) is 1.27. The molecular weight excluding hydrogens is 182 g/mol. The summed E-state index contributed by atoms with van der Waals surface area (Å²) in [4.78, 5) is 22.0. The van der Waals surface area contributed by atoms with Gasteiger partial charge in [-0.15, -0.1) is 0 Å². The molecule has 0 saturated heterocycles. The summed E-state index contributed by atoms with van der Waals surface area (Å²) in [5, 5.41) is 5.25. The molecule has 0 aromatic heterocycles. The summed E-state index contributed by atoms with van der Waals surface area (Å²) in [7, 11) is 0. The lowest BCUT2D eigenvalue weighted by molar-refractivity contribution is -0.125. The van der Waals surface area contributed by atoms with Crippen LogP contribution < -0.4 is 16.4 Å². The van der Waals surface area contributed by atoms with Gasteiger partial charge in [0.2, 0.25) is 11.8 Å². The Balaban J connectivity index is 2.11. The van der Waals surface area contributed by atoms with Crippen molar-refractivity contribution < 1.29 is 9.59 Å². The molecule has 80 valence electrons. The third kappa shape index (κ3) is 3.74. The normalized spacial score (nSPS) is 17.3. The highest BCUT2D eigenvalue weighted by Crippen LogP contribution is 2.32. The topological polar surface area (TPSA) is 84.2 Å². The largest absolute Gasteiger partial charge is 0.352 e. The molecule has 1 saturated carbocycles. The summed E-state index contributed by atoms with van der Waals surface area (Å²) < 4.78 is 0. The highest BCUT2D eigenvalue weighted by atomic mass is 16.2. The minimum Gasteiger partial charge on any atom is -0.352 e. The number of hydrogen-bond acceptors (Lipinski definition) is 3. The minimum atomic E-state index is -0.306. The molecular formula is C9H17N3O2. The first-order chi connectivity index (χ1) is 6.63. The van der Waals surface area contributed by atoms with Crippen LogP contribution in [0, 0.1) is 5.92 Å². The Bertz CT molecular complexity index is 226. The highest BCUT2D eigenvalue weighted by molar-refractivity contribution is 5.85. The van der Waals surface area contributed by atoms with E-state index in [0.717, 1.165) is 0 Å². The average molecular weight is 199 g/mol. The van der Waals surface area contributed by atoms with Gasteiger partial charge in [-0.3, -0.25) is 9.59 Å². The number of carbonyl (C=O) groups excluding carboxylic acids is 2. The average Bonchev–Trinajstić information content (AvgIpc) is 2.97. The van der Waals surface area contributed by atoms with Crippen LogP contribution in [-0.4, -0.2) is 30.9 Å². The van der Waals surface area contributed by atoms with E-state index in [1.165, 1.54) is 12.8 Å². The molecule has 4 N–H and O–H groups in total. The zero-order valence-corrected chi connectivity index (χ0v) is 8.38. The van der Waals surface area contributed by atoms with E-state index < -0.39 is 0 Å². The van der Waals surface area contributed by atoms with Crippen molar-refractivity contribution in [2.45, 2.75) is 25.8 Å². The number of nitrogens with two attached hydrogens (primary N) is 1. The fraction of sp³-hybridized carbons (Fsp3) is 0.778. The van der Waals surface area contributed by atoms with E-state index in [4.69, 9.17) is 5.73 Å². The molecule has 1 fully saturated rings. The molecule has 1 aliphatic carbocycles. The van der Waals surface area contributed by atoms with Crippen molar-refractivity contribution in [2.24, 2.45) is 11.7 Å². The molecule has 0 heterocycles. The Morgan fingerprint density at radius 3 is 2.57 bits per heavy atom. The summed E-state index contributed by atoms with van der Waals surface area (Å²) in [5.41, 5.74) is 5.07. The van der Waals surface area contributed by atoms with Crippen LogP contribution in [0.25, 0.3) is 0 Å². The van der Waals surface area contributed by atoms with Gasteiger partial charge in [-0.05, 0) is 25.7 Å². The molecule has 0 spiro atoms. The third-order valence-electron chi connectivity index (χ3n) is 2.35. The first kappa shape index (κ1) is 11.0. The zero-order chi connectivity index (χ0) is 10.6. The molecule has 0 aromatic rings. The highest BCUT2D eigenvalue weighted by Gasteiger charge is 2.28. The number of amides is 2. The van der Waals surface area contributed by atoms with Crippen molar-refractivity contribution in [1.29, 1.82) is 0 Å². The molecule has 5 nitrogen and oxygen atoms in total. The minimum absolute atomic E-state index is 0.0209. The van der Waals surface area contributed by atoms with Crippen molar-refractivity contribution in [3.63, 3.8) is 0 Å². The van der Waals surface area contributed by atoms with Gasteiger partial charge >= 0.3 is 0 Å². The lowest BCUT2D eigenvalue weighted by Crippen LogP contribution is -2.43. The van der Waals surface area contributed by atoms with Crippen molar-refractivity contribution in [1.82, 2.24) is 10.6 Å². The molecule has 1 rings (SSSR count). The summed E-state index contributed by atoms with van der Waals surface area (Å²) >= 11 is 0. The van der Waals surface area contributed by atoms with E-state index in [9.17, 15) is 9.59 Å². The van der Waals surface area contributed by atoms with Gasteiger partial charge in [0, 0.05) is 6.04 Å². The summed E-state index contributed by atoms with van der Waals surface area (Å²) in [6.45, 7) is 1.93. The predicted octanol–water partition coefficient (Wildman–Crippen LogP) is -1.02. The second-order valence-corrected chi connectivity index (χ2v) is 3.67. The SMILES string of the molecule is CC(NC(=O)CNC(=O)CN)C1CC1. The molecule has 0 bridgehead atoms. The predicted molar refractivity (Wildman–Crippen MR) is 52.4 cm³/mol. The van der Waals surface area contributed by atoms with Gasteiger partial charge in [-0.25, -0.2) is 0 Å². The van der Waals surface area contributed by atoms with Crippen LogP contribution in [-0.2, 0) is 9.59 Å². The van der Waals surface area contributed by atoms with Gasteiger partial charge in [0.25, 0.3) is 0 Å². The molecule has 1 unspecified atom stereocenters. The van der Waals surface area contributed by atoms with Gasteiger partial charge in [0.1, 0.15) is 0 Å². The molecule has 14 heavy (non-hydrogen) atoms. The van der Waals surface area contributed by atoms with Crippen molar-refractivity contribution in [3.05, 3.63) is 0 Å². The van der Waals surface area contributed by atoms with Gasteiger partial charge in [-0.2, -0.15) is 0 Å². The summed E-state index contributed by atoms with van der Waals surface area (Å²) in [5.74, 6) is 0.176. The number of hydrogen-bond donors (Lipinski definition) is 3. The van der Waals surface area contributed by atoms with Crippen LogP contribution in [0.3, 0.4) is 0 Å². The van der Waals surface area contributed by atoms with Gasteiger partial charge in [0.15, 0.2) is 0 Å². The van der Waals surface area contributed by atoms with Gasteiger partial charge in [-0.1, -0.05) is 0 Å². The Labute approximate surface area is 83.4 Å². The second kappa shape index (κ2) is 4.95. The Kier molecular flexibility index (Phi) is 3.88. The first-order valence-corrected chi connectivity index (χ1v) is 4.89. The molecule has 0 aliphatic heterocycles.